The van der Waals surface area contributed by atoms with Gasteiger partial charge in [-0.15, -0.1) is 0 Å². The first-order valence-corrected chi connectivity index (χ1v) is 12.9. The number of anilines is 2. The predicted molar refractivity (Wildman–Crippen MR) is 140 cm³/mol. The van der Waals surface area contributed by atoms with Gasteiger partial charge in [0.15, 0.2) is 6.10 Å². The first-order valence-electron chi connectivity index (χ1n) is 11.4. The molecule has 1 amide bonds. The molecule has 4 aromatic rings. The van der Waals surface area contributed by atoms with Crippen LogP contribution in [0.2, 0.25) is 0 Å². The van der Waals surface area contributed by atoms with Gasteiger partial charge in [0, 0.05) is 11.1 Å². The van der Waals surface area contributed by atoms with Crippen molar-refractivity contribution in [1.82, 2.24) is 0 Å². The Labute approximate surface area is 206 Å². The average Bonchev–Trinajstić information content (AvgIpc) is 2.85. The molecule has 1 unspecified atom stereocenters. The fourth-order valence-corrected chi connectivity index (χ4v) is 4.89. The normalized spacial score (nSPS) is 12.2. The number of amides is 1. The number of aryl methyl sites for hydroxylation is 2. The molecule has 1 atom stereocenters. The maximum atomic E-state index is 12.9. The standard InChI is InChI=1S/C28H28N2O4S/c1-4-26(34-27-11-7-9-21-8-5-6-10-24(21)27)28(31)29-22-14-16-23(17-15-22)35(32,33)30-25-18-19(2)12-13-20(25)3/h5-18,26,30H,4H2,1-3H3,(H,29,31). The molecule has 0 spiro atoms. The van der Waals surface area contributed by atoms with Crippen LogP contribution in [0.15, 0.2) is 89.8 Å². The summed E-state index contributed by atoms with van der Waals surface area (Å²) < 4.78 is 34.4. The van der Waals surface area contributed by atoms with Gasteiger partial charge < -0.3 is 10.1 Å². The summed E-state index contributed by atoms with van der Waals surface area (Å²) in [6, 6.07) is 25.2. The number of hydrogen-bond acceptors (Lipinski definition) is 4. The minimum absolute atomic E-state index is 0.107. The second-order valence-corrected chi connectivity index (χ2v) is 10.1. The third-order valence-corrected chi connectivity index (χ3v) is 7.13. The fourth-order valence-electron chi connectivity index (χ4n) is 3.76. The van der Waals surface area contributed by atoms with Gasteiger partial charge in [0.2, 0.25) is 0 Å². The van der Waals surface area contributed by atoms with Crippen LogP contribution in [-0.4, -0.2) is 20.4 Å². The summed E-state index contributed by atoms with van der Waals surface area (Å²) in [5.41, 5.74) is 2.82. The van der Waals surface area contributed by atoms with Gasteiger partial charge in [-0.25, -0.2) is 8.42 Å². The number of sulfonamides is 1. The van der Waals surface area contributed by atoms with Crippen LogP contribution in [0, 0.1) is 13.8 Å². The van der Waals surface area contributed by atoms with Gasteiger partial charge >= 0.3 is 0 Å². The van der Waals surface area contributed by atoms with E-state index < -0.39 is 16.1 Å². The van der Waals surface area contributed by atoms with Crippen molar-refractivity contribution < 1.29 is 17.9 Å². The van der Waals surface area contributed by atoms with Gasteiger partial charge in [-0.05, 0) is 73.2 Å². The summed E-state index contributed by atoms with van der Waals surface area (Å²) >= 11 is 0. The first kappa shape index (κ1) is 24.3. The van der Waals surface area contributed by atoms with E-state index in [2.05, 4.69) is 10.0 Å². The lowest BCUT2D eigenvalue weighted by atomic mass is 10.1. The number of rotatable bonds is 8. The van der Waals surface area contributed by atoms with Crippen LogP contribution in [0.4, 0.5) is 11.4 Å². The highest BCUT2D eigenvalue weighted by molar-refractivity contribution is 7.92. The molecule has 2 N–H and O–H groups in total. The molecule has 0 aliphatic heterocycles. The monoisotopic (exact) mass is 488 g/mol. The van der Waals surface area contributed by atoms with Crippen LogP contribution in [0.3, 0.4) is 0 Å². The quantitative estimate of drug-likeness (QED) is 0.316. The number of nitrogens with one attached hydrogen (secondary N) is 2. The Balaban J connectivity index is 1.46. The number of benzene rings is 4. The Morgan fingerprint density at radius 3 is 2.37 bits per heavy atom. The predicted octanol–water partition coefficient (Wildman–Crippen LogP) is 6.05. The minimum Gasteiger partial charge on any atom is -0.480 e. The van der Waals surface area contributed by atoms with Gasteiger partial charge in [0.05, 0.1) is 10.6 Å². The molecule has 4 rings (SSSR count). The van der Waals surface area contributed by atoms with Crippen molar-refractivity contribution in [3.05, 3.63) is 96.1 Å². The van der Waals surface area contributed by atoms with E-state index in [4.69, 9.17) is 4.74 Å². The van der Waals surface area contributed by atoms with Crippen LogP contribution in [0.1, 0.15) is 24.5 Å². The van der Waals surface area contributed by atoms with Gasteiger partial charge in [-0.1, -0.05) is 55.5 Å². The number of carbonyl (C=O) groups is 1. The fraction of sp³-hybridized carbons (Fsp3) is 0.179. The van der Waals surface area contributed by atoms with E-state index >= 15 is 0 Å². The molecule has 0 aromatic heterocycles. The van der Waals surface area contributed by atoms with Crippen LogP contribution in [0.25, 0.3) is 10.8 Å². The van der Waals surface area contributed by atoms with E-state index in [9.17, 15) is 13.2 Å². The molecular weight excluding hydrogens is 460 g/mol. The number of carbonyl (C=O) groups excluding carboxylic acids is 1. The van der Waals surface area contributed by atoms with Crippen LogP contribution in [0.5, 0.6) is 5.75 Å². The van der Waals surface area contributed by atoms with Crippen molar-refractivity contribution in [2.24, 2.45) is 0 Å². The average molecular weight is 489 g/mol. The van der Waals surface area contributed by atoms with Crippen molar-refractivity contribution in [1.29, 1.82) is 0 Å². The molecule has 0 aliphatic rings. The van der Waals surface area contributed by atoms with E-state index in [1.807, 2.05) is 75.4 Å². The molecule has 0 saturated carbocycles. The zero-order valence-corrected chi connectivity index (χ0v) is 20.7. The summed E-state index contributed by atoms with van der Waals surface area (Å²) in [5.74, 6) is 0.341. The molecular formula is C28H28N2O4S. The maximum Gasteiger partial charge on any atom is 0.265 e. The molecule has 0 aliphatic carbocycles. The number of hydrogen-bond donors (Lipinski definition) is 2. The smallest absolute Gasteiger partial charge is 0.265 e. The van der Waals surface area contributed by atoms with E-state index in [-0.39, 0.29) is 10.8 Å². The van der Waals surface area contributed by atoms with E-state index in [0.29, 0.717) is 23.5 Å². The third-order valence-electron chi connectivity index (χ3n) is 5.75. The lowest BCUT2D eigenvalue weighted by molar-refractivity contribution is -0.122. The lowest BCUT2D eigenvalue weighted by Gasteiger charge is -2.19. The highest BCUT2D eigenvalue weighted by atomic mass is 32.2. The van der Waals surface area contributed by atoms with E-state index in [1.165, 1.54) is 12.1 Å². The second-order valence-electron chi connectivity index (χ2n) is 8.43. The SMILES string of the molecule is CCC(Oc1cccc2ccccc12)C(=O)Nc1ccc(S(=O)(=O)Nc2cc(C)ccc2C)cc1. The molecule has 0 bridgehead atoms. The third kappa shape index (κ3) is 5.63. The molecule has 180 valence electrons. The number of fused-ring (bicyclic) bond motifs is 1. The zero-order chi connectivity index (χ0) is 25.0. The first-order chi connectivity index (χ1) is 16.8. The maximum absolute atomic E-state index is 12.9. The molecule has 0 radical (unpaired) electrons. The highest BCUT2D eigenvalue weighted by Gasteiger charge is 2.20. The Morgan fingerprint density at radius 2 is 1.63 bits per heavy atom. The molecule has 35 heavy (non-hydrogen) atoms. The minimum atomic E-state index is -3.77. The topological polar surface area (TPSA) is 84.5 Å². The molecule has 0 saturated heterocycles. The Kier molecular flexibility index (Phi) is 7.07. The Hall–Kier alpha value is -3.84. The summed E-state index contributed by atoms with van der Waals surface area (Å²) in [5, 5.41) is 4.80. The van der Waals surface area contributed by atoms with Crippen molar-refractivity contribution in [2.75, 3.05) is 10.0 Å². The molecule has 7 heteroatoms. The van der Waals surface area contributed by atoms with Crippen molar-refractivity contribution >= 4 is 38.1 Å². The Bertz CT molecular complexity index is 1460. The molecule has 0 fully saturated rings. The van der Waals surface area contributed by atoms with Gasteiger partial charge in [-0.3, -0.25) is 9.52 Å². The van der Waals surface area contributed by atoms with Crippen LogP contribution < -0.4 is 14.8 Å². The van der Waals surface area contributed by atoms with Crippen molar-refractivity contribution in [3.63, 3.8) is 0 Å². The van der Waals surface area contributed by atoms with Crippen molar-refractivity contribution in [2.45, 2.75) is 38.2 Å². The summed E-state index contributed by atoms with van der Waals surface area (Å²) in [6.07, 6.45) is -0.225. The second kappa shape index (κ2) is 10.2. The molecule has 4 aromatic carbocycles. The van der Waals surface area contributed by atoms with Crippen molar-refractivity contribution in [3.8, 4) is 5.75 Å². The summed E-state index contributed by atoms with van der Waals surface area (Å²) in [4.78, 5) is 13.0. The van der Waals surface area contributed by atoms with E-state index in [0.717, 1.165) is 21.9 Å². The Morgan fingerprint density at radius 1 is 0.914 bits per heavy atom. The van der Waals surface area contributed by atoms with Gasteiger partial charge in [-0.2, -0.15) is 0 Å². The summed E-state index contributed by atoms with van der Waals surface area (Å²) in [7, 11) is -3.77. The lowest BCUT2D eigenvalue weighted by Crippen LogP contribution is -2.32. The largest absolute Gasteiger partial charge is 0.480 e. The number of ether oxygens (including phenoxy) is 1. The van der Waals surface area contributed by atoms with Gasteiger partial charge in [0.1, 0.15) is 5.75 Å². The summed E-state index contributed by atoms with van der Waals surface area (Å²) in [6.45, 7) is 5.63. The molecule has 0 heterocycles. The van der Waals surface area contributed by atoms with Gasteiger partial charge in [0.25, 0.3) is 15.9 Å². The zero-order valence-electron chi connectivity index (χ0n) is 19.9. The highest BCUT2D eigenvalue weighted by Crippen LogP contribution is 2.27. The molecule has 6 nitrogen and oxygen atoms in total. The van der Waals surface area contributed by atoms with Crippen LogP contribution >= 0.6 is 0 Å². The van der Waals surface area contributed by atoms with Crippen LogP contribution in [-0.2, 0) is 14.8 Å². The van der Waals surface area contributed by atoms with E-state index in [1.54, 1.807) is 18.2 Å².